The Morgan fingerprint density at radius 3 is 2.41 bits per heavy atom. The Kier molecular flexibility index (Phi) is 5.55. The zero-order valence-electron chi connectivity index (χ0n) is 12.8. The first-order valence-corrected chi connectivity index (χ1v) is 7.30. The lowest BCUT2D eigenvalue weighted by atomic mass is 10.0. The summed E-state index contributed by atoms with van der Waals surface area (Å²) in [5.41, 5.74) is 2.78. The molecule has 2 rings (SSSR count). The Balaban J connectivity index is 1.99. The predicted molar refractivity (Wildman–Crippen MR) is 85.4 cm³/mol. The fourth-order valence-corrected chi connectivity index (χ4v) is 2.25. The highest BCUT2D eigenvalue weighted by molar-refractivity contribution is 5.67. The number of alkyl carbamates (subject to hydrolysis) is 1. The van der Waals surface area contributed by atoms with Gasteiger partial charge >= 0.3 is 6.09 Å². The number of rotatable bonds is 5. The van der Waals surface area contributed by atoms with Crippen molar-refractivity contribution in [1.29, 1.82) is 0 Å². The first kappa shape index (κ1) is 16.0. The second kappa shape index (κ2) is 7.61. The van der Waals surface area contributed by atoms with Gasteiger partial charge in [0.1, 0.15) is 0 Å². The summed E-state index contributed by atoms with van der Waals surface area (Å²) >= 11 is 0. The van der Waals surface area contributed by atoms with Crippen LogP contribution in [0, 0.1) is 6.92 Å². The number of aliphatic hydroxyl groups is 1. The number of aliphatic hydroxyl groups excluding tert-OH is 1. The van der Waals surface area contributed by atoms with E-state index < -0.39 is 18.3 Å². The summed E-state index contributed by atoms with van der Waals surface area (Å²) in [7, 11) is 0. The number of carbonyl (C=O) groups is 1. The highest BCUT2D eigenvalue weighted by atomic mass is 16.6. The van der Waals surface area contributed by atoms with Crippen LogP contribution in [-0.2, 0) is 11.3 Å². The molecule has 22 heavy (non-hydrogen) atoms. The molecule has 2 unspecified atom stereocenters. The van der Waals surface area contributed by atoms with Crippen LogP contribution in [0.5, 0.6) is 0 Å². The Morgan fingerprint density at radius 2 is 1.77 bits per heavy atom. The number of benzene rings is 2. The van der Waals surface area contributed by atoms with Crippen molar-refractivity contribution < 1.29 is 14.6 Å². The average Bonchev–Trinajstić information content (AvgIpc) is 2.52. The van der Waals surface area contributed by atoms with Crippen LogP contribution in [0.1, 0.15) is 29.7 Å². The van der Waals surface area contributed by atoms with Gasteiger partial charge in [-0.1, -0.05) is 54.6 Å². The van der Waals surface area contributed by atoms with Gasteiger partial charge in [0, 0.05) is 6.54 Å². The summed E-state index contributed by atoms with van der Waals surface area (Å²) < 4.78 is 5.40. The van der Waals surface area contributed by atoms with Crippen molar-refractivity contribution in [3.8, 4) is 0 Å². The van der Waals surface area contributed by atoms with E-state index in [0.717, 1.165) is 16.7 Å². The molecule has 2 aromatic rings. The van der Waals surface area contributed by atoms with Crippen molar-refractivity contribution in [3.63, 3.8) is 0 Å². The molecule has 0 saturated heterocycles. The minimum Gasteiger partial charge on any atom is -0.439 e. The second-order valence-corrected chi connectivity index (χ2v) is 5.26. The zero-order chi connectivity index (χ0) is 15.9. The first-order valence-electron chi connectivity index (χ1n) is 7.30. The molecule has 4 nitrogen and oxygen atoms in total. The van der Waals surface area contributed by atoms with E-state index >= 15 is 0 Å². The standard InChI is InChI=1S/C18H21NO3/c1-13-8-6-7-11-16(13)17(14(2)20)22-18(21)19-12-15-9-4-3-5-10-15/h3-11,14,17,20H,12H2,1-2H3,(H,19,21). The van der Waals surface area contributed by atoms with Crippen LogP contribution in [0.25, 0.3) is 0 Å². The topological polar surface area (TPSA) is 58.6 Å². The van der Waals surface area contributed by atoms with Crippen molar-refractivity contribution in [2.75, 3.05) is 0 Å². The van der Waals surface area contributed by atoms with Gasteiger partial charge < -0.3 is 15.2 Å². The van der Waals surface area contributed by atoms with Gasteiger partial charge in [-0.15, -0.1) is 0 Å². The van der Waals surface area contributed by atoms with Gasteiger partial charge in [0.15, 0.2) is 6.10 Å². The molecule has 0 aliphatic carbocycles. The average molecular weight is 299 g/mol. The minimum absolute atomic E-state index is 0.389. The van der Waals surface area contributed by atoms with Gasteiger partial charge in [-0.2, -0.15) is 0 Å². The molecule has 0 heterocycles. The van der Waals surface area contributed by atoms with E-state index in [0.29, 0.717) is 6.54 Å². The number of amides is 1. The summed E-state index contributed by atoms with van der Waals surface area (Å²) in [4.78, 5) is 12.0. The van der Waals surface area contributed by atoms with E-state index in [1.165, 1.54) is 0 Å². The van der Waals surface area contributed by atoms with E-state index in [1.54, 1.807) is 6.92 Å². The third kappa shape index (κ3) is 4.33. The first-order chi connectivity index (χ1) is 10.6. The molecule has 0 aromatic heterocycles. The minimum atomic E-state index is -0.788. The van der Waals surface area contributed by atoms with Crippen LogP contribution in [0.2, 0.25) is 0 Å². The van der Waals surface area contributed by atoms with Crippen LogP contribution in [0.15, 0.2) is 54.6 Å². The van der Waals surface area contributed by atoms with Crippen molar-refractivity contribution in [2.24, 2.45) is 0 Å². The lowest BCUT2D eigenvalue weighted by molar-refractivity contribution is 0.0102. The van der Waals surface area contributed by atoms with Crippen LogP contribution >= 0.6 is 0 Å². The number of hydrogen-bond donors (Lipinski definition) is 2. The van der Waals surface area contributed by atoms with Crippen molar-refractivity contribution in [3.05, 3.63) is 71.3 Å². The molecule has 1 amide bonds. The van der Waals surface area contributed by atoms with Gasteiger partial charge in [0.05, 0.1) is 6.10 Å². The maximum absolute atomic E-state index is 12.0. The number of hydrogen-bond acceptors (Lipinski definition) is 3. The smallest absolute Gasteiger partial charge is 0.408 e. The number of ether oxygens (including phenoxy) is 1. The van der Waals surface area contributed by atoms with Crippen LogP contribution < -0.4 is 5.32 Å². The Bertz CT molecular complexity index is 611. The molecule has 2 aromatic carbocycles. The molecule has 0 aliphatic rings. The van der Waals surface area contributed by atoms with Crippen molar-refractivity contribution in [1.82, 2.24) is 5.32 Å². The van der Waals surface area contributed by atoms with E-state index in [4.69, 9.17) is 4.74 Å². The maximum atomic E-state index is 12.0. The molecule has 4 heteroatoms. The van der Waals surface area contributed by atoms with E-state index in [-0.39, 0.29) is 0 Å². The predicted octanol–water partition coefficient (Wildman–Crippen LogP) is 3.34. The fraction of sp³-hybridized carbons (Fsp3) is 0.278. The van der Waals surface area contributed by atoms with E-state index in [9.17, 15) is 9.90 Å². The molecule has 0 saturated carbocycles. The molecule has 2 N–H and O–H groups in total. The normalized spacial score (nSPS) is 13.2. The monoisotopic (exact) mass is 299 g/mol. The molecule has 0 aliphatic heterocycles. The molecule has 0 radical (unpaired) electrons. The molecule has 0 spiro atoms. The number of carbonyl (C=O) groups excluding carboxylic acids is 1. The van der Waals surface area contributed by atoms with E-state index in [1.807, 2.05) is 61.5 Å². The summed E-state index contributed by atoms with van der Waals surface area (Å²) in [6, 6.07) is 17.1. The summed E-state index contributed by atoms with van der Waals surface area (Å²) in [6.07, 6.45) is -2.02. The molecular formula is C18H21NO3. The van der Waals surface area contributed by atoms with Gasteiger partial charge in [-0.25, -0.2) is 4.79 Å². The van der Waals surface area contributed by atoms with Crippen LogP contribution in [0.4, 0.5) is 4.79 Å². The molecular weight excluding hydrogens is 278 g/mol. The summed E-state index contributed by atoms with van der Waals surface area (Å²) in [5, 5.41) is 12.6. The van der Waals surface area contributed by atoms with Crippen molar-refractivity contribution in [2.45, 2.75) is 32.6 Å². The van der Waals surface area contributed by atoms with E-state index in [2.05, 4.69) is 5.32 Å². The largest absolute Gasteiger partial charge is 0.439 e. The SMILES string of the molecule is Cc1ccccc1C(OC(=O)NCc1ccccc1)C(C)O. The summed E-state index contributed by atoms with van der Waals surface area (Å²) in [6.45, 7) is 3.93. The third-order valence-corrected chi connectivity index (χ3v) is 3.45. The lowest BCUT2D eigenvalue weighted by Crippen LogP contribution is -2.29. The quantitative estimate of drug-likeness (QED) is 0.890. The number of aryl methyl sites for hydroxylation is 1. The second-order valence-electron chi connectivity index (χ2n) is 5.26. The Labute approximate surface area is 130 Å². The van der Waals surface area contributed by atoms with Crippen LogP contribution in [0.3, 0.4) is 0 Å². The Hall–Kier alpha value is -2.33. The zero-order valence-corrected chi connectivity index (χ0v) is 12.8. The van der Waals surface area contributed by atoms with Gasteiger partial charge in [-0.3, -0.25) is 0 Å². The molecule has 2 atom stereocenters. The van der Waals surface area contributed by atoms with Gasteiger partial charge in [0.25, 0.3) is 0 Å². The van der Waals surface area contributed by atoms with Gasteiger partial charge in [-0.05, 0) is 30.5 Å². The summed E-state index contributed by atoms with van der Waals surface area (Å²) in [5.74, 6) is 0. The fourth-order valence-electron chi connectivity index (χ4n) is 2.25. The van der Waals surface area contributed by atoms with Crippen molar-refractivity contribution >= 4 is 6.09 Å². The number of nitrogens with one attached hydrogen (secondary N) is 1. The maximum Gasteiger partial charge on any atom is 0.408 e. The molecule has 0 fully saturated rings. The molecule has 116 valence electrons. The lowest BCUT2D eigenvalue weighted by Gasteiger charge is -2.22. The van der Waals surface area contributed by atoms with Gasteiger partial charge in [0.2, 0.25) is 0 Å². The Morgan fingerprint density at radius 1 is 1.14 bits per heavy atom. The highest BCUT2D eigenvalue weighted by Gasteiger charge is 2.23. The third-order valence-electron chi connectivity index (χ3n) is 3.45. The molecule has 0 bridgehead atoms. The van der Waals surface area contributed by atoms with Crippen LogP contribution in [-0.4, -0.2) is 17.3 Å². The highest BCUT2D eigenvalue weighted by Crippen LogP contribution is 2.24.